The number of carboxylic acids is 1. The van der Waals surface area contributed by atoms with Crippen LogP contribution in [0.4, 0.5) is 0 Å². The summed E-state index contributed by atoms with van der Waals surface area (Å²) in [5, 5.41) is 8.67. The Bertz CT molecular complexity index is 533. The van der Waals surface area contributed by atoms with Crippen molar-refractivity contribution >= 4 is 15.8 Å². The van der Waals surface area contributed by atoms with Gasteiger partial charge in [-0.25, -0.2) is 8.42 Å². The van der Waals surface area contributed by atoms with E-state index in [9.17, 15) is 13.2 Å². The van der Waals surface area contributed by atoms with Gasteiger partial charge in [0.15, 0.2) is 9.84 Å². The maximum atomic E-state index is 12.2. The SMILES string of the molecule is CCN(CC)CCS(=O)(=O)c1ccc(CC(=O)O)cc1. The zero-order chi connectivity index (χ0) is 15.2. The molecule has 0 aliphatic heterocycles. The highest BCUT2D eigenvalue weighted by molar-refractivity contribution is 7.91. The maximum Gasteiger partial charge on any atom is 0.307 e. The number of carbonyl (C=O) groups is 1. The summed E-state index contributed by atoms with van der Waals surface area (Å²) in [6.45, 7) is 6.15. The fourth-order valence-corrected chi connectivity index (χ4v) is 3.18. The van der Waals surface area contributed by atoms with E-state index in [-0.39, 0.29) is 17.1 Å². The normalized spacial score (nSPS) is 11.8. The molecule has 0 aliphatic carbocycles. The van der Waals surface area contributed by atoms with Gasteiger partial charge in [0, 0.05) is 6.54 Å². The third-order valence-electron chi connectivity index (χ3n) is 3.21. The summed E-state index contributed by atoms with van der Waals surface area (Å²) in [4.78, 5) is 12.9. The van der Waals surface area contributed by atoms with E-state index in [1.54, 1.807) is 12.1 Å². The Hall–Kier alpha value is -1.40. The van der Waals surface area contributed by atoms with Gasteiger partial charge in [-0.3, -0.25) is 4.79 Å². The van der Waals surface area contributed by atoms with Gasteiger partial charge in [0.25, 0.3) is 0 Å². The number of rotatable bonds is 8. The smallest absolute Gasteiger partial charge is 0.307 e. The van der Waals surface area contributed by atoms with Gasteiger partial charge in [0.1, 0.15) is 0 Å². The van der Waals surface area contributed by atoms with Crippen molar-refractivity contribution in [2.45, 2.75) is 25.2 Å². The fraction of sp³-hybridized carbons (Fsp3) is 0.500. The quantitative estimate of drug-likeness (QED) is 0.786. The minimum atomic E-state index is -3.31. The number of hydrogen-bond acceptors (Lipinski definition) is 4. The van der Waals surface area contributed by atoms with Crippen LogP contribution in [0.3, 0.4) is 0 Å². The lowest BCUT2D eigenvalue weighted by Gasteiger charge is -2.17. The molecule has 0 unspecified atom stereocenters. The van der Waals surface area contributed by atoms with Crippen molar-refractivity contribution in [1.82, 2.24) is 4.90 Å². The molecule has 0 spiro atoms. The third-order valence-corrected chi connectivity index (χ3v) is 4.92. The summed E-state index contributed by atoms with van der Waals surface area (Å²) < 4.78 is 24.3. The van der Waals surface area contributed by atoms with E-state index < -0.39 is 15.8 Å². The maximum absolute atomic E-state index is 12.2. The van der Waals surface area contributed by atoms with Crippen molar-refractivity contribution in [1.29, 1.82) is 0 Å². The lowest BCUT2D eigenvalue weighted by molar-refractivity contribution is -0.136. The number of benzene rings is 1. The Morgan fingerprint density at radius 1 is 1.15 bits per heavy atom. The van der Waals surface area contributed by atoms with Crippen LogP contribution >= 0.6 is 0 Å². The number of nitrogens with zero attached hydrogens (tertiary/aromatic N) is 1. The molecular weight excluding hydrogens is 278 g/mol. The van der Waals surface area contributed by atoms with Crippen LogP contribution in [0.2, 0.25) is 0 Å². The van der Waals surface area contributed by atoms with Crippen LogP contribution in [0.1, 0.15) is 19.4 Å². The van der Waals surface area contributed by atoms with Gasteiger partial charge in [-0.2, -0.15) is 0 Å². The van der Waals surface area contributed by atoms with Gasteiger partial charge in [-0.1, -0.05) is 26.0 Å². The van der Waals surface area contributed by atoms with Crippen LogP contribution < -0.4 is 0 Å². The molecule has 1 rings (SSSR count). The lowest BCUT2D eigenvalue weighted by Crippen LogP contribution is -2.29. The lowest BCUT2D eigenvalue weighted by atomic mass is 10.2. The molecule has 0 saturated carbocycles. The highest BCUT2D eigenvalue weighted by Gasteiger charge is 2.15. The Kier molecular flexibility index (Phi) is 6.16. The molecule has 1 aromatic rings. The van der Waals surface area contributed by atoms with Crippen LogP contribution in [0, 0.1) is 0 Å². The fourth-order valence-electron chi connectivity index (χ4n) is 1.90. The number of aliphatic carboxylic acids is 1. The van der Waals surface area contributed by atoms with Crippen LogP contribution in [0.15, 0.2) is 29.2 Å². The second-order valence-electron chi connectivity index (χ2n) is 4.56. The zero-order valence-corrected chi connectivity index (χ0v) is 12.7. The van der Waals surface area contributed by atoms with Gasteiger partial charge < -0.3 is 10.0 Å². The van der Waals surface area contributed by atoms with Crippen LogP contribution in [0.25, 0.3) is 0 Å². The predicted octanol–water partition coefficient (Wildman–Crippen LogP) is 1.43. The van der Waals surface area contributed by atoms with Gasteiger partial charge in [0.2, 0.25) is 0 Å². The Balaban J connectivity index is 2.75. The second-order valence-corrected chi connectivity index (χ2v) is 6.67. The molecule has 6 heteroatoms. The average molecular weight is 299 g/mol. The predicted molar refractivity (Wildman–Crippen MR) is 77.6 cm³/mol. The van der Waals surface area contributed by atoms with Gasteiger partial charge in [-0.05, 0) is 30.8 Å². The molecule has 20 heavy (non-hydrogen) atoms. The molecule has 0 heterocycles. The van der Waals surface area contributed by atoms with E-state index >= 15 is 0 Å². The summed E-state index contributed by atoms with van der Waals surface area (Å²) in [5.74, 6) is -0.852. The van der Waals surface area contributed by atoms with Crippen molar-refractivity contribution < 1.29 is 18.3 Å². The standard InChI is InChI=1S/C14H21NO4S/c1-3-15(4-2)9-10-20(18,19)13-7-5-12(6-8-13)11-14(16)17/h5-8H,3-4,9-11H2,1-2H3,(H,16,17). The van der Waals surface area contributed by atoms with Crippen LogP contribution in [0.5, 0.6) is 0 Å². The van der Waals surface area contributed by atoms with E-state index in [1.165, 1.54) is 12.1 Å². The minimum Gasteiger partial charge on any atom is -0.481 e. The average Bonchev–Trinajstić information content (AvgIpc) is 2.39. The summed E-state index contributed by atoms with van der Waals surface area (Å²) in [5.41, 5.74) is 0.597. The van der Waals surface area contributed by atoms with Crippen LogP contribution in [-0.2, 0) is 21.1 Å². The second kappa shape index (κ2) is 7.40. The molecule has 0 saturated heterocycles. The highest BCUT2D eigenvalue weighted by atomic mass is 32.2. The van der Waals surface area contributed by atoms with Crippen molar-refractivity contribution in [3.8, 4) is 0 Å². The van der Waals surface area contributed by atoms with Gasteiger partial charge in [-0.15, -0.1) is 0 Å². The molecule has 1 aromatic carbocycles. The van der Waals surface area contributed by atoms with E-state index in [0.29, 0.717) is 12.1 Å². The first kappa shape index (κ1) is 16.7. The summed E-state index contributed by atoms with van der Waals surface area (Å²) in [6.07, 6.45) is -0.0974. The number of sulfone groups is 1. The van der Waals surface area contributed by atoms with Crippen molar-refractivity contribution in [3.05, 3.63) is 29.8 Å². The van der Waals surface area contributed by atoms with E-state index in [1.807, 2.05) is 13.8 Å². The highest BCUT2D eigenvalue weighted by Crippen LogP contribution is 2.13. The van der Waals surface area contributed by atoms with Crippen LogP contribution in [-0.4, -0.2) is 49.8 Å². The molecule has 0 atom stereocenters. The zero-order valence-electron chi connectivity index (χ0n) is 11.9. The number of hydrogen-bond donors (Lipinski definition) is 1. The van der Waals surface area contributed by atoms with Crippen molar-refractivity contribution in [2.75, 3.05) is 25.4 Å². The molecule has 5 nitrogen and oxygen atoms in total. The topological polar surface area (TPSA) is 74.7 Å². The van der Waals surface area contributed by atoms with E-state index in [2.05, 4.69) is 4.90 Å². The summed E-state index contributed by atoms with van der Waals surface area (Å²) >= 11 is 0. The first-order chi connectivity index (χ1) is 9.39. The van der Waals surface area contributed by atoms with Gasteiger partial charge in [0.05, 0.1) is 17.1 Å². The third kappa shape index (κ3) is 4.94. The molecule has 0 aromatic heterocycles. The molecular formula is C14H21NO4S. The molecule has 1 N–H and O–H groups in total. The molecule has 112 valence electrons. The molecule has 0 bridgehead atoms. The Morgan fingerprint density at radius 3 is 2.15 bits per heavy atom. The molecule has 0 aliphatic rings. The number of carboxylic acid groups (broad SMARTS) is 1. The largest absolute Gasteiger partial charge is 0.481 e. The summed E-state index contributed by atoms with van der Waals surface area (Å²) in [6, 6.07) is 6.07. The van der Waals surface area contributed by atoms with E-state index in [0.717, 1.165) is 13.1 Å². The van der Waals surface area contributed by atoms with Crippen molar-refractivity contribution in [2.24, 2.45) is 0 Å². The molecule has 0 radical (unpaired) electrons. The first-order valence-electron chi connectivity index (χ1n) is 6.65. The van der Waals surface area contributed by atoms with E-state index in [4.69, 9.17) is 5.11 Å². The molecule has 0 amide bonds. The monoisotopic (exact) mass is 299 g/mol. The minimum absolute atomic E-state index is 0.0763. The summed E-state index contributed by atoms with van der Waals surface area (Å²) in [7, 11) is -3.31. The Labute approximate surface area is 120 Å². The molecule has 0 fully saturated rings. The van der Waals surface area contributed by atoms with Gasteiger partial charge >= 0.3 is 5.97 Å². The van der Waals surface area contributed by atoms with Crippen molar-refractivity contribution in [3.63, 3.8) is 0 Å². The Morgan fingerprint density at radius 2 is 1.70 bits per heavy atom. The first-order valence-corrected chi connectivity index (χ1v) is 8.30.